The van der Waals surface area contributed by atoms with Crippen molar-refractivity contribution in [1.82, 2.24) is 4.98 Å². The number of benzene rings is 1. The lowest BCUT2D eigenvalue weighted by Gasteiger charge is -2.30. The van der Waals surface area contributed by atoms with Crippen LogP contribution in [0.3, 0.4) is 0 Å². The molecular weight excluding hydrogens is 284 g/mol. The first-order valence-electron chi connectivity index (χ1n) is 7.37. The molecule has 0 amide bonds. The largest absolute Gasteiger partial charge is 0.462 e. The van der Waals surface area contributed by atoms with Crippen LogP contribution in [0.15, 0.2) is 29.1 Å². The zero-order valence-electron chi connectivity index (χ0n) is 12.4. The number of rotatable bonds is 3. The quantitative estimate of drug-likeness (QED) is 0.871. The molecule has 0 bridgehead atoms. The monoisotopic (exact) mass is 302 g/mol. The van der Waals surface area contributed by atoms with Crippen molar-refractivity contribution in [2.24, 2.45) is 0 Å². The Kier molecular flexibility index (Phi) is 4.11. The number of fused-ring (bicyclic) bond motifs is 1. The highest BCUT2D eigenvalue weighted by Crippen LogP contribution is 2.28. The van der Waals surface area contributed by atoms with E-state index < -0.39 is 11.5 Å². The highest BCUT2D eigenvalue weighted by molar-refractivity contribution is 6.05. The number of esters is 1. The van der Waals surface area contributed by atoms with Crippen molar-refractivity contribution in [3.05, 3.63) is 40.2 Å². The van der Waals surface area contributed by atoms with Crippen LogP contribution < -0.4 is 10.5 Å². The van der Waals surface area contributed by atoms with Gasteiger partial charge in [0, 0.05) is 18.5 Å². The predicted octanol–water partition coefficient (Wildman–Crippen LogP) is 1.54. The summed E-state index contributed by atoms with van der Waals surface area (Å²) in [4.78, 5) is 29.5. The fourth-order valence-corrected chi connectivity index (χ4v) is 2.73. The maximum absolute atomic E-state index is 12.4. The lowest BCUT2D eigenvalue weighted by Crippen LogP contribution is -2.39. The standard InChI is InChI=1S/C16H18N2O4/c1-2-22-16(20)13-14(18-7-9-21-10-8-18)11-5-3-4-6-12(11)17-15(13)19/h3-6H,2,7-10H2,1H3,(H,17,19). The van der Waals surface area contributed by atoms with Gasteiger partial charge in [-0.1, -0.05) is 18.2 Å². The third-order valence-electron chi connectivity index (χ3n) is 3.70. The van der Waals surface area contributed by atoms with Crippen LogP contribution in [0.4, 0.5) is 5.69 Å². The Morgan fingerprint density at radius 1 is 1.32 bits per heavy atom. The summed E-state index contributed by atoms with van der Waals surface area (Å²) in [5.41, 5.74) is 1.00. The molecule has 0 radical (unpaired) electrons. The van der Waals surface area contributed by atoms with Gasteiger partial charge in [-0.15, -0.1) is 0 Å². The van der Waals surface area contributed by atoms with Crippen LogP contribution in [-0.2, 0) is 9.47 Å². The van der Waals surface area contributed by atoms with Gasteiger partial charge in [-0.2, -0.15) is 0 Å². The molecule has 1 aliphatic heterocycles. The Morgan fingerprint density at radius 3 is 2.77 bits per heavy atom. The number of aromatic amines is 1. The van der Waals surface area contributed by atoms with E-state index in [1.807, 2.05) is 29.2 Å². The Labute approximate surface area is 127 Å². The van der Waals surface area contributed by atoms with Crippen LogP contribution >= 0.6 is 0 Å². The van der Waals surface area contributed by atoms with Crippen LogP contribution in [0, 0.1) is 0 Å². The molecule has 1 aromatic carbocycles. The molecule has 0 saturated carbocycles. The zero-order valence-corrected chi connectivity index (χ0v) is 12.4. The average Bonchev–Trinajstić information content (AvgIpc) is 2.54. The number of morpholine rings is 1. The molecule has 0 atom stereocenters. The normalized spacial score (nSPS) is 15.0. The average molecular weight is 302 g/mol. The van der Waals surface area contributed by atoms with Gasteiger partial charge in [0.25, 0.3) is 5.56 Å². The van der Waals surface area contributed by atoms with E-state index in [2.05, 4.69) is 4.98 Å². The minimum Gasteiger partial charge on any atom is -0.462 e. The lowest BCUT2D eigenvalue weighted by atomic mass is 10.1. The van der Waals surface area contributed by atoms with E-state index in [1.165, 1.54) is 0 Å². The predicted molar refractivity (Wildman–Crippen MR) is 83.6 cm³/mol. The molecule has 6 heteroatoms. The van der Waals surface area contributed by atoms with Crippen LogP contribution in [0.25, 0.3) is 10.9 Å². The second-order valence-corrected chi connectivity index (χ2v) is 5.04. The van der Waals surface area contributed by atoms with E-state index in [0.717, 1.165) is 5.39 Å². The summed E-state index contributed by atoms with van der Waals surface area (Å²) in [6.07, 6.45) is 0. The first-order chi connectivity index (χ1) is 10.7. The number of pyridine rings is 1. The van der Waals surface area contributed by atoms with Gasteiger partial charge in [0.05, 0.1) is 31.0 Å². The molecule has 116 valence electrons. The number of carbonyl (C=O) groups excluding carboxylic acids is 1. The molecular formula is C16H18N2O4. The van der Waals surface area contributed by atoms with Crippen molar-refractivity contribution < 1.29 is 14.3 Å². The van der Waals surface area contributed by atoms with Gasteiger partial charge in [-0.25, -0.2) is 4.79 Å². The number of para-hydroxylation sites is 1. The molecule has 1 aromatic heterocycles. The summed E-state index contributed by atoms with van der Waals surface area (Å²) < 4.78 is 10.4. The lowest BCUT2D eigenvalue weighted by molar-refractivity contribution is 0.0524. The Bertz CT molecular complexity index is 747. The molecule has 3 rings (SSSR count). The molecule has 6 nitrogen and oxygen atoms in total. The Hall–Kier alpha value is -2.34. The molecule has 2 heterocycles. The van der Waals surface area contributed by atoms with Crippen LogP contribution in [-0.4, -0.2) is 43.9 Å². The summed E-state index contributed by atoms with van der Waals surface area (Å²) in [6, 6.07) is 7.47. The van der Waals surface area contributed by atoms with Crippen LogP contribution in [0.1, 0.15) is 17.3 Å². The highest BCUT2D eigenvalue weighted by Gasteiger charge is 2.25. The second-order valence-electron chi connectivity index (χ2n) is 5.04. The van der Waals surface area contributed by atoms with E-state index in [9.17, 15) is 9.59 Å². The van der Waals surface area contributed by atoms with Crippen molar-refractivity contribution in [2.45, 2.75) is 6.92 Å². The summed E-state index contributed by atoms with van der Waals surface area (Å²) in [6.45, 7) is 4.38. The molecule has 2 aromatic rings. The van der Waals surface area contributed by atoms with Crippen molar-refractivity contribution in [1.29, 1.82) is 0 Å². The fourth-order valence-electron chi connectivity index (χ4n) is 2.73. The molecule has 1 saturated heterocycles. The van der Waals surface area contributed by atoms with Crippen LogP contribution in [0.2, 0.25) is 0 Å². The molecule has 0 spiro atoms. The number of ether oxygens (including phenoxy) is 2. The topological polar surface area (TPSA) is 71.6 Å². The van der Waals surface area contributed by atoms with E-state index in [0.29, 0.717) is 37.5 Å². The number of nitrogens with one attached hydrogen (secondary N) is 1. The van der Waals surface area contributed by atoms with Crippen molar-refractivity contribution in [3.8, 4) is 0 Å². The van der Waals surface area contributed by atoms with Gasteiger partial charge in [0.1, 0.15) is 5.56 Å². The number of anilines is 1. The van der Waals surface area contributed by atoms with E-state index in [4.69, 9.17) is 9.47 Å². The van der Waals surface area contributed by atoms with Gasteiger partial charge in [0.2, 0.25) is 0 Å². The number of H-pyrrole nitrogens is 1. The van der Waals surface area contributed by atoms with Gasteiger partial charge in [-0.3, -0.25) is 4.79 Å². The van der Waals surface area contributed by atoms with E-state index in [-0.39, 0.29) is 12.2 Å². The van der Waals surface area contributed by atoms with Crippen molar-refractivity contribution in [2.75, 3.05) is 37.8 Å². The van der Waals surface area contributed by atoms with Gasteiger partial charge in [-0.05, 0) is 13.0 Å². The number of hydrogen-bond acceptors (Lipinski definition) is 5. The summed E-state index contributed by atoms with van der Waals surface area (Å²) in [5, 5.41) is 0.840. The maximum atomic E-state index is 12.4. The maximum Gasteiger partial charge on any atom is 0.345 e. The van der Waals surface area contributed by atoms with Crippen molar-refractivity contribution >= 4 is 22.6 Å². The molecule has 0 aliphatic carbocycles. The van der Waals surface area contributed by atoms with E-state index in [1.54, 1.807) is 6.92 Å². The van der Waals surface area contributed by atoms with Gasteiger partial charge < -0.3 is 19.4 Å². The third-order valence-corrected chi connectivity index (χ3v) is 3.70. The molecule has 1 aliphatic rings. The number of aromatic nitrogens is 1. The van der Waals surface area contributed by atoms with Crippen LogP contribution in [0.5, 0.6) is 0 Å². The van der Waals surface area contributed by atoms with Crippen molar-refractivity contribution in [3.63, 3.8) is 0 Å². The summed E-state index contributed by atoms with van der Waals surface area (Å²) in [7, 11) is 0. The number of carbonyl (C=O) groups is 1. The van der Waals surface area contributed by atoms with Gasteiger partial charge >= 0.3 is 5.97 Å². The Balaban J connectivity index is 2.25. The number of hydrogen-bond donors (Lipinski definition) is 1. The summed E-state index contributed by atoms with van der Waals surface area (Å²) >= 11 is 0. The minimum absolute atomic E-state index is 0.0717. The first-order valence-corrected chi connectivity index (χ1v) is 7.37. The second kappa shape index (κ2) is 6.19. The molecule has 1 fully saturated rings. The molecule has 22 heavy (non-hydrogen) atoms. The highest BCUT2D eigenvalue weighted by atomic mass is 16.5. The SMILES string of the molecule is CCOC(=O)c1c(N2CCOCC2)c2ccccc2[nH]c1=O. The summed E-state index contributed by atoms with van der Waals surface area (Å²) in [5.74, 6) is -0.587. The smallest absolute Gasteiger partial charge is 0.345 e. The fraction of sp³-hybridized carbons (Fsp3) is 0.375. The third kappa shape index (κ3) is 2.57. The first kappa shape index (κ1) is 14.6. The molecule has 0 unspecified atom stereocenters. The Morgan fingerprint density at radius 2 is 2.05 bits per heavy atom. The molecule has 1 N–H and O–H groups in total. The minimum atomic E-state index is -0.587. The van der Waals surface area contributed by atoms with E-state index >= 15 is 0 Å². The number of nitrogens with zero attached hydrogens (tertiary/aromatic N) is 1. The van der Waals surface area contributed by atoms with Gasteiger partial charge in [0.15, 0.2) is 0 Å². The zero-order chi connectivity index (χ0) is 15.5.